The van der Waals surface area contributed by atoms with Gasteiger partial charge in [0, 0.05) is 55.8 Å². The highest BCUT2D eigenvalue weighted by Gasteiger charge is 2.18. The number of oxazole rings is 1. The van der Waals surface area contributed by atoms with Crippen molar-refractivity contribution in [2.45, 2.75) is 32.2 Å². The number of carbonyl (C=O) groups excluding carboxylic acids is 1. The predicted molar refractivity (Wildman–Crippen MR) is 120 cm³/mol. The number of rotatable bonds is 7. The van der Waals surface area contributed by atoms with Crippen molar-refractivity contribution >= 4 is 23.2 Å². The fourth-order valence-corrected chi connectivity index (χ4v) is 3.96. The number of aromatic nitrogens is 1. The quantitative estimate of drug-likeness (QED) is 0.525. The molecule has 1 aromatic heterocycles. The molecule has 1 aliphatic rings. The average molecular weight is 424 g/mol. The van der Waals surface area contributed by atoms with E-state index in [1.54, 1.807) is 11.1 Å². The van der Waals surface area contributed by atoms with Gasteiger partial charge in [-0.2, -0.15) is 0 Å². The molecule has 5 nitrogen and oxygen atoms in total. The van der Waals surface area contributed by atoms with Crippen LogP contribution < -0.4 is 4.90 Å². The number of hydrogen-bond donors (Lipinski definition) is 0. The second-order valence-corrected chi connectivity index (χ2v) is 8.13. The summed E-state index contributed by atoms with van der Waals surface area (Å²) >= 11 is 5.93. The summed E-state index contributed by atoms with van der Waals surface area (Å²) in [6.45, 7) is 2.79. The van der Waals surface area contributed by atoms with Crippen molar-refractivity contribution in [1.29, 1.82) is 0 Å². The van der Waals surface area contributed by atoms with Gasteiger partial charge >= 0.3 is 0 Å². The lowest BCUT2D eigenvalue weighted by molar-refractivity contribution is -0.130. The van der Waals surface area contributed by atoms with Gasteiger partial charge in [0.15, 0.2) is 11.7 Å². The summed E-state index contributed by atoms with van der Waals surface area (Å²) in [6, 6.07) is 15.8. The van der Waals surface area contributed by atoms with Crippen molar-refractivity contribution < 1.29 is 9.21 Å². The molecule has 0 radical (unpaired) electrons. The third-order valence-corrected chi connectivity index (χ3v) is 5.76. The smallest absolute Gasteiger partial charge is 0.223 e. The standard InChI is InChI=1S/C24H26ClN3O2/c1-27(17-19-6-2-3-7-21(19)28-14-4-5-15-28)24(29)13-12-23-26-16-22(30-23)18-8-10-20(25)11-9-18/h2-3,6-11,16H,4-5,12-15,17H2,1H3. The van der Waals surface area contributed by atoms with Crippen LogP contribution in [-0.4, -0.2) is 35.9 Å². The van der Waals surface area contributed by atoms with Gasteiger partial charge in [-0.15, -0.1) is 0 Å². The molecule has 1 amide bonds. The van der Waals surface area contributed by atoms with Gasteiger partial charge < -0.3 is 14.2 Å². The topological polar surface area (TPSA) is 49.6 Å². The minimum Gasteiger partial charge on any atom is -0.441 e. The Morgan fingerprint density at radius 2 is 1.87 bits per heavy atom. The van der Waals surface area contributed by atoms with Crippen molar-refractivity contribution in [3.05, 3.63) is 71.2 Å². The van der Waals surface area contributed by atoms with E-state index in [2.05, 4.69) is 28.1 Å². The van der Waals surface area contributed by atoms with Crippen LogP contribution in [0.15, 0.2) is 59.1 Å². The average Bonchev–Trinajstić information content (AvgIpc) is 3.45. The second-order valence-electron chi connectivity index (χ2n) is 7.70. The van der Waals surface area contributed by atoms with Crippen LogP contribution in [0.2, 0.25) is 5.02 Å². The first-order chi connectivity index (χ1) is 14.6. The molecule has 0 aliphatic carbocycles. The van der Waals surface area contributed by atoms with Crippen LogP contribution in [0.5, 0.6) is 0 Å². The first-order valence-electron chi connectivity index (χ1n) is 10.4. The van der Waals surface area contributed by atoms with Crippen LogP contribution in [0.4, 0.5) is 5.69 Å². The van der Waals surface area contributed by atoms with Gasteiger partial charge in [0.1, 0.15) is 0 Å². The summed E-state index contributed by atoms with van der Waals surface area (Å²) < 4.78 is 5.81. The summed E-state index contributed by atoms with van der Waals surface area (Å²) in [4.78, 5) is 21.2. The molecule has 30 heavy (non-hydrogen) atoms. The lowest BCUT2D eigenvalue weighted by atomic mass is 10.1. The highest BCUT2D eigenvalue weighted by molar-refractivity contribution is 6.30. The van der Waals surface area contributed by atoms with Crippen molar-refractivity contribution in [2.75, 3.05) is 25.0 Å². The molecule has 1 fully saturated rings. The summed E-state index contributed by atoms with van der Waals surface area (Å²) in [5.74, 6) is 1.33. The third-order valence-electron chi connectivity index (χ3n) is 5.51. The highest BCUT2D eigenvalue weighted by atomic mass is 35.5. The first-order valence-corrected chi connectivity index (χ1v) is 10.8. The number of amides is 1. The van der Waals surface area contributed by atoms with Gasteiger partial charge in [0.05, 0.1) is 6.20 Å². The Bertz CT molecular complexity index is 994. The minimum atomic E-state index is 0.0810. The van der Waals surface area contributed by atoms with Gasteiger partial charge in [-0.1, -0.05) is 29.8 Å². The van der Waals surface area contributed by atoms with Gasteiger partial charge in [-0.3, -0.25) is 4.79 Å². The van der Waals surface area contributed by atoms with Crippen LogP contribution in [-0.2, 0) is 17.8 Å². The zero-order valence-electron chi connectivity index (χ0n) is 17.2. The van der Waals surface area contributed by atoms with E-state index in [1.165, 1.54) is 24.1 Å². The zero-order chi connectivity index (χ0) is 20.9. The van der Waals surface area contributed by atoms with Gasteiger partial charge in [-0.05, 0) is 48.7 Å². The predicted octanol–water partition coefficient (Wildman–Crippen LogP) is 5.19. The third kappa shape index (κ3) is 4.85. The molecule has 3 aromatic rings. The summed E-state index contributed by atoms with van der Waals surface area (Å²) in [7, 11) is 1.86. The van der Waals surface area contributed by atoms with E-state index in [9.17, 15) is 4.79 Å². The Hall–Kier alpha value is -2.79. The molecule has 1 aliphatic heterocycles. The van der Waals surface area contributed by atoms with Gasteiger partial charge in [0.2, 0.25) is 5.91 Å². The first kappa shape index (κ1) is 20.5. The normalized spacial score (nSPS) is 13.6. The maximum Gasteiger partial charge on any atom is 0.223 e. The number of nitrogens with zero attached hydrogens (tertiary/aromatic N) is 3. The molecule has 6 heteroatoms. The number of para-hydroxylation sites is 1. The summed E-state index contributed by atoms with van der Waals surface area (Å²) in [5, 5.41) is 0.679. The van der Waals surface area contributed by atoms with Crippen molar-refractivity contribution in [1.82, 2.24) is 9.88 Å². The number of benzene rings is 2. The van der Waals surface area contributed by atoms with E-state index in [0.717, 1.165) is 18.7 Å². The lowest BCUT2D eigenvalue weighted by Gasteiger charge is -2.24. The Morgan fingerprint density at radius 1 is 1.13 bits per heavy atom. The van der Waals surface area contributed by atoms with E-state index in [4.69, 9.17) is 16.0 Å². The number of halogens is 1. The van der Waals surface area contributed by atoms with E-state index in [1.807, 2.05) is 37.4 Å². The highest BCUT2D eigenvalue weighted by Crippen LogP contribution is 2.26. The fourth-order valence-electron chi connectivity index (χ4n) is 3.83. The fraction of sp³-hybridized carbons (Fsp3) is 0.333. The second kappa shape index (κ2) is 9.35. The monoisotopic (exact) mass is 423 g/mol. The SMILES string of the molecule is CN(Cc1ccccc1N1CCCC1)C(=O)CCc1ncc(-c2ccc(Cl)cc2)o1. The molecule has 0 N–H and O–H groups in total. The molecule has 1 saturated heterocycles. The van der Waals surface area contributed by atoms with Gasteiger partial charge in [0.25, 0.3) is 0 Å². The molecule has 0 saturated carbocycles. The van der Waals surface area contributed by atoms with E-state index < -0.39 is 0 Å². The Labute approximate surface area is 182 Å². The maximum atomic E-state index is 12.7. The Morgan fingerprint density at radius 3 is 2.63 bits per heavy atom. The lowest BCUT2D eigenvalue weighted by Crippen LogP contribution is -2.28. The zero-order valence-corrected chi connectivity index (χ0v) is 17.9. The van der Waals surface area contributed by atoms with Crippen molar-refractivity contribution in [3.63, 3.8) is 0 Å². The molecule has 0 spiro atoms. The van der Waals surface area contributed by atoms with Crippen LogP contribution >= 0.6 is 11.6 Å². The number of aryl methyl sites for hydroxylation is 1. The van der Waals surface area contributed by atoms with E-state index in [0.29, 0.717) is 36.1 Å². The van der Waals surface area contributed by atoms with Crippen molar-refractivity contribution in [3.8, 4) is 11.3 Å². The number of carbonyl (C=O) groups is 1. The molecule has 2 heterocycles. The minimum absolute atomic E-state index is 0.0810. The Balaban J connectivity index is 1.34. The van der Waals surface area contributed by atoms with Crippen LogP contribution in [0.25, 0.3) is 11.3 Å². The van der Waals surface area contributed by atoms with Crippen molar-refractivity contribution in [2.24, 2.45) is 0 Å². The molecule has 0 bridgehead atoms. The molecular formula is C24H26ClN3O2. The molecule has 4 rings (SSSR count). The molecule has 0 atom stereocenters. The van der Waals surface area contributed by atoms with Crippen LogP contribution in [0, 0.1) is 0 Å². The summed E-state index contributed by atoms with van der Waals surface area (Å²) in [5.41, 5.74) is 3.35. The molecule has 156 valence electrons. The van der Waals surface area contributed by atoms with Gasteiger partial charge in [-0.25, -0.2) is 4.98 Å². The van der Waals surface area contributed by atoms with Crippen LogP contribution in [0.1, 0.15) is 30.7 Å². The van der Waals surface area contributed by atoms with E-state index >= 15 is 0 Å². The maximum absolute atomic E-state index is 12.7. The number of anilines is 1. The number of hydrogen-bond acceptors (Lipinski definition) is 4. The summed E-state index contributed by atoms with van der Waals surface area (Å²) in [6.07, 6.45) is 5.00. The van der Waals surface area contributed by atoms with E-state index in [-0.39, 0.29) is 5.91 Å². The molecule has 2 aromatic carbocycles. The largest absolute Gasteiger partial charge is 0.441 e. The Kier molecular flexibility index (Phi) is 6.38. The molecule has 0 unspecified atom stereocenters. The van der Waals surface area contributed by atoms with Crippen LogP contribution in [0.3, 0.4) is 0 Å². The molecular weight excluding hydrogens is 398 g/mol.